The van der Waals surface area contributed by atoms with E-state index in [4.69, 9.17) is 0 Å². The van der Waals surface area contributed by atoms with Crippen LogP contribution >= 0.6 is 0 Å². The maximum Gasteiger partial charge on any atom is 0.325 e. The van der Waals surface area contributed by atoms with Gasteiger partial charge in [0.1, 0.15) is 12.3 Å². The predicted molar refractivity (Wildman–Crippen MR) is 113 cm³/mol. The number of Topliss-reactive ketones (excluding diaryl/α,β-unsaturated/α-hetero) is 1. The van der Waals surface area contributed by atoms with E-state index in [0.29, 0.717) is 18.6 Å². The number of unbranched alkanes of at least 4 members (excludes halogenated alkanes) is 5. The zero-order valence-corrected chi connectivity index (χ0v) is 18.2. The molecule has 6 heteroatoms. The zero-order valence-electron chi connectivity index (χ0n) is 18.2. The summed E-state index contributed by atoms with van der Waals surface area (Å²) >= 11 is 0. The Hall–Kier alpha value is -1.69. The highest BCUT2D eigenvalue weighted by Crippen LogP contribution is 2.34. The minimum Gasteiger partial charge on any atom is -0.468 e. The van der Waals surface area contributed by atoms with Gasteiger partial charge in [0.2, 0.25) is 5.91 Å². The summed E-state index contributed by atoms with van der Waals surface area (Å²) in [7, 11) is 1.29. The number of carbonyl (C=O) groups is 3. The molecule has 1 aliphatic carbocycles. The van der Waals surface area contributed by atoms with Crippen LogP contribution in [0, 0.1) is 11.8 Å². The number of ketones is 1. The van der Waals surface area contributed by atoms with Crippen molar-refractivity contribution in [3.8, 4) is 0 Å². The lowest BCUT2D eigenvalue weighted by molar-refractivity contribution is -0.141. The average molecular weight is 410 g/mol. The van der Waals surface area contributed by atoms with Crippen molar-refractivity contribution in [1.29, 1.82) is 0 Å². The van der Waals surface area contributed by atoms with Crippen molar-refractivity contribution in [3.05, 3.63) is 12.2 Å². The van der Waals surface area contributed by atoms with Crippen molar-refractivity contribution < 1.29 is 24.2 Å². The number of hydrogen-bond donors (Lipinski definition) is 2. The molecule has 0 heterocycles. The van der Waals surface area contributed by atoms with Crippen LogP contribution in [0.1, 0.15) is 84.0 Å². The average Bonchev–Trinajstić information content (AvgIpc) is 3.06. The van der Waals surface area contributed by atoms with Crippen LogP contribution in [-0.4, -0.2) is 42.5 Å². The third-order valence-corrected chi connectivity index (χ3v) is 5.66. The number of carbonyl (C=O) groups excluding carboxylic acids is 3. The number of aliphatic hydroxyl groups excluding tert-OH is 1. The Morgan fingerprint density at radius 2 is 1.97 bits per heavy atom. The second-order valence-corrected chi connectivity index (χ2v) is 8.03. The van der Waals surface area contributed by atoms with E-state index in [1.807, 2.05) is 6.08 Å². The highest BCUT2D eigenvalue weighted by atomic mass is 16.5. The lowest BCUT2D eigenvalue weighted by Crippen LogP contribution is -2.29. The normalized spacial score (nSPS) is 20.2. The summed E-state index contributed by atoms with van der Waals surface area (Å²) < 4.78 is 4.48. The second-order valence-electron chi connectivity index (χ2n) is 8.03. The summed E-state index contributed by atoms with van der Waals surface area (Å²) in [6, 6.07) is 0. The van der Waals surface area contributed by atoms with Crippen molar-refractivity contribution >= 4 is 17.7 Å². The zero-order chi connectivity index (χ0) is 21.5. The van der Waals surface area contributed by atoms with Crippen LogP contribution in [0.15, 0.2) is 12.2 Å². The van der Waals surface area contributed by atoms with Crippen molar-refractivity contribution in [2.75, 3.05) is 13.7 Å². The van der Waals surface area contributed by atoms with Crippen LogP contribution in [0.2, 0.25) is 0 Å². The number of esters is 1. The van der Waals surface area contributed by atoms with Gasteiger partial charge in [-0.1, -0.05) is 57.6 Å². The fourth-order valence-electron chi connectivity index (χ4n) is 3.85. The lowest BCUT2D eigenvalue weighted by Gasteiger charge is -2.15. The van der Waals surface area contributed by atoms with Crippen molar-refractivity contribution in [2.45, 2.75) is 90.1 Å². The van der Waals surface area contributed by atoms with Crippen LogP contribution in [-0.2, 0) is 19.1 Å². The van der Waals surface area contributed by atoms with Crippen molar-refractivity contribution in [3.63, 3.8) is 0 Å². The Kier molecular flexibility index (Phi) is 13.3. The van der Waals surface area contributed by atoms with Gasteiger partial charge in [-0.2, -0.15) is 0 Å². The molecule has 0 bridgehead atoms. The molecule has 1 rings (SSSR count). The van der Waals surface area contributed by atoms with Gasteiger partial charge in [0, 0.05) is 18.8 Å². The summed E-state index contributed by atoms with van der Waals surface area (Å²) in [5.41, 5.74) is 0. The van der Waals surface area contributed by atoms with Gasteiger partial charge in [0.15, 0.2) is 0 Å². The lowest BCUT2D eigenvalue weighted by atomic mass is 9.89. The molecule has 1 aliphatic rings. The first-order valence-electron chi connectivity index (χ1n) is 11.2. The molecule has 0 spiro atoms. The van der Waals surface area contributed by atoms with E-state index in [-0.39, 0.29) is 24.3 Å². The molecule has 0 aromatic carbocycles. The minimum absolute atomic E-state index is 0.0810. The van der Waals surface area contributed by atoms with Crippen LogP contribution < -0.4 is 5.32 Å². The van der Waals surface area contributed by atoms with E-state index >= 15 is 0 Å². The SMILES string of the molecule is CCCCCC(O)C=CC1CCC(=O)C1CCCCCCC(=O)NCC(=O)OC. The van der Waals surface area contributed by atoms with Crippen LogP contribution in [0.25, 0.3) is 0 Å². The fraction of sp³-hybridized carbons (Fsp3) is 0.783. The molecule has 29 heavy (non-hydrogen) atoms. The van der Waals surface area contributed by atoms with Crippen LogP contribution in [0.3, 0.4) is 0 Å². The van der Waals surface area contributed by atoms with E-state index in [2.05, 4.69) is 23.1 Å². The third-order valence-electron chi connectivity index (χ3n) is 5.66. The molecule has 6 nitrogen and oxygen atoms in total. The number of aliphatic hydroxyl groups is 1. The number of ether oxygens (including phenoxy) is 1. The number of hydrogen-bond acceptors (Lipinski definition) is 5. The first-order chi connectivity index (χ1) is 14.0. The molecule has 0 aromatic heterocycles. The highest BCUT2D eigenvalue weighted by Gasteiger charge is 2.32. The Labute approximate surface area is 175 Å². The van der Waals surface area contributed by atoms with Gasteiger partial charge in [0.25, 0.3) is 0 Å². The highest BCUT2D eigenvalue weighted by molar-refractivity contribution is 5.83. The summed E-state index contributed by atoms with van der Waals surface area (Å²) in [5, 5.41) is 12.6. The largest absolute Gasteiger partial charge is 0.468 e. The quantitative estimate of drug-likeness (QED) is 0.244. The molecule has 1 fully saturated rings. The molecular weight excluding hydrogens is 370 g/mol. The van der Waals surface area contributed by atoms with Crippen molar-refractivity contribution in [2.24, 2.45) is 11.8 Å². The number of methoxy groups -OCH3 is 1. The van der Waals surface area contributed by atoms with Gasteiger partial charge in [0.05, 0.1) is 13.2 Å². The monoisotopic (exact) mass is 409 g/mol. The van der Waals surface area contributed by atoms with Gasteiger partial charge < -0.3 is 15.2 Å². The maximum atomic E-state index is 12.2. The molecule has 3 atom stereocenters. The molecule has 0 radical (unpaired) electrons. The van der Waals surface area contributed by atoms with Crippen LogP contribution in [0.5, 0.6) is 0 Å². The number of rotatable bonds is 15. The van der Waals surface area contributed by atoms with E-state index in [1.54, 1.807) is 0 Å². The topological polar surface area (TPSA) is 92.7 Å². The maximum absolute atomic E-state index is 12.2. The van der Waals surface area contributed by atoms with E-state index < -0.39 is 12.1 Å². The van der Waals surface area contributed by atoms with Gasteiger partial charge >= 0.3 is 5.97 Å². The molecule has 2 N–H and O–H groups in total. The molecule has 166 valence electrons. The predicted octanol–water partition coefficient (Wildman–Crippen LogP) is 3.71. The molecule has 1 saturated carbocycles. The molecule has 3 unspecified atom stereocenters. The summed E-state index contributed by atoms with van der Waals surface area (Å²) in [5.74, 6) is 0.105. The Bertz CT molecular complexity index is 531. The van der Waals surface area contributed by atoms with Crippen molar-refractivity contribution in [1.82, 2.24) is 5.32 Å². The van der Waals surface area contributed by atoms with Gasteiger partial charge in [-0.3, -0.25) is 14.4 Å². The molecule has 0 saturated heterocycles. The minimum atomic E-state index is -0.448. The number of allylic oxidation sites excluding steroid dienone is 1. The van der Waals surface area contributed by atoms with Crippen LogP contribution in [0.4, 0.5) is 0 Å². The van der Waals surface area contributed by atoms with E-state index in [1.165, 1.54) is 7.11 Å². The Morgan fingerprint density at radius 3 is 2.69 bits per heavy atom. The fourth-order valence-corrected chi connectivity index (χ4v) is 3.85. The number of nitrogens with one attached hydrogen (secondary N) is 1. The first kappa shape index (κ1) is 25.3. The van der Waals surface area contributed by atoms with Gasteiger partial charge in [-0.25, -0.2) is 0 Å². The number of amides is 1. The Morgan fingerprint density at radius 1 is 1.21 bits per heavy atom. The molecule has 1 amide bonds. The first-order valence-corrected chi connectivity index (χ1v) is 11.2. The smallest absolute Gasteiger partial charge is 0.325 e. The molecule has 0 aliphatic heterocycles. The molecular formula is C23H39NO5. The summed E-state index contributed by atoms with van der Waals surface area (Å²) in [6.07, 6.45) is 14.2. The second kappa shape index (κ2) is 15.2. The van der Waals surface area contributed by atoms with Gasteiger partial charge in [-0.15, -0.1) is 0 Å². The summed E-state index contributed by atoms with van der Waals surface area (Å²) in [4.78, 5) is 34.8. The summed E-state index contributed by atoms with van der Waals surface area (Å²) in [6.45, 7) is 2.07. The molecule has 0 aromatic rings. The Balaban J connectivity index is 2.20. The van der Waals surface area contributed by atoms with Gasteiger partial charge in [-0.05, 0) is 31.6 Å². The van der Waals surface area contributed by atoms with E-state index in [0.717, 1.165) is 64.2 Å². The third kappa shape index (κ3) is 11.2. The van der Waals surface area contributed by atoms with E-state index in [9.17, 15) is 19.5 Å². The standard InChI is InChI=1S/C23H39NO5/c1-3-4-7-10-19(25)15-13-18-14-16-21(26)20(18)11-8-5-6-9-12-22(27)24-17-23(28)29-2/h13,15,18-20,25H,3-12,14,16-17H2,1-2H3,(H,24,27).